The zero-order valence-electron chi connectivity index (χ0n) is 17.1. The van der Waals surface area contributed by atoms with Crippen LogP contribution in [-0.2, 0) is 11.2 Å². The average molecular weight is 439 g/mol. The van der Waals surface area contributed by atoms with Crippen LogP contribution in [-0.4, -0.2) is 33.9 Å². The maximum absolute atomic E-state index is 13.1. The summed E-state index contributed by atoms with van der Waals surface area (Å²) in [5.74, 6) is 0.144. The Morgan fingerprint density at radius 1 is 1.16 bits per heavy atom. The number of piperidine rings is 1. The number of amides is 1. The summed E-state index contributed by atoms with van der Waals surface area (Å²) in [4.78, 5) is 23.5. The SMILES string of the molecule is Nc1ncc(-c2ccc(Cl)cc2)c([C@@H]2CCCN(C(=O)CCc3ccc(F)cc3)C2)n1. The largest absolute Gasteiger partial charge is 0.368 e. The molecule has 5 nitrogen and oxygen atoms in total. The summed E-state index contributed by atoms with van der Waals surface area (Å²) < 4.78 is 13.1. The maximum atomic E-state index is 13.1. The van der Waals surface area contributed by atoms with Gasteiger partial charge in [-0.05, 0) is 54.7 Å². The minimum atomic E-state index is -0.269. The van der Waals surface area contributed by atoms with Crippen LogP contribution in [0.5, 0.6) is 0 Å². The third kappa shape index (κ3) is 5.20. The monoisotopic (exact) mass is 438 g/mol. The van der Waals surface area contributed by atoms with Gasteiger partial charge in [0.1, 0.15) is 5.82 Å². The van der Waals surface area contributed by atoms with Crippen molar-refractivity contribution in [1.82, 2.24) is 14.9 Å². The van der Waals surface area contributed by atoms with E-state index in [0.29, 0.717) is 24.4 Å². The molecule has 1 aromatic heterocycles. The van der Waals surface area contributed by atoms with Crippen molar-refractivity contribution in [3.05, 3.63) is 76.8 Å². The number of halogens is 2. The molecule has 0 aliphatic carbocycles. The molecule has 4 rings (SSSR count). The summed E-state index contributed by atoms with van der Waals surface area (Å²) in [5, 5.41) is 0.664. The highest BCUT2D eigenvalue weighted by molar-refractivity contribution is 6.30. The number of carbonyl (C=O) groups excluding carboxylic acids is 1. The quantitative estimate of drug-likeness (QED) is 0.617. The topological polar surface area (TPSA) is 72.1 Å². The van der Waals surface area contributed by atoms with Crippen molar-refractivity contribution >= 4 is 23.5 Å². The van der Waals surface area contributed by atoms with Crippen LogP contribution in [0.15, 0.2) is 54.7 Å². The molecular weight excluding hydrogens is 415 g/mol. The van der Waals surface area contributed by atoms with E-state index in [4.69, 9.17) is 17.3 Å². The van der Waals surface area contributed by atoms with E-state index in [2.05, 4.69) is 9.97 Å². The molecule has 2 aromatic carbocycles. The smallest absolute Gasteiger partial charge is 0.222 e. The maximum Gasteiger partial charge on any atom is 0.222 e. The zero-order valence-corrected chi connectivity index (χ0v) is 17.9. The minimum absolute atomic E-state index is 0.0829. The first-order valence-corrected chi connectivity index (χ1v) is 10.8. The van der Waals surface area contributed by atoms with Crippen LogP contribution in [0.3, 0.4) is 0 Å². The molecule has 1 aliphatic heterocycles. The van der Waals surface area contributed by atoms with Crippen molar-refractivity contribution < 1.29 is 9.18 Å². The van der Waals surface area contributed by atoms with E-state index in [1.54, 1.807) is 18.3 Å². The van der Waals surface area contributed by atoms with E-state index in [1.165, 1.54) is 12.1 Å². The van der Waals surface area contributed by atoms with Crippen LogP contribution in [0.25, 0.3) is 11.1 Å². The molecule has 160 valence electrons. The fourth-order valence-electron chi connectivity index (χ4n) is 4.06. The predicted molar refractivity (Wildman–Crippen MR) is 120 cm³/mol. The third-order valence-electron chi connectivity index (χ3n) is 5.69. The molecule has 0 spiro atoms. The number of aryl methyl sites for hydroxylation is 1. The van der Waals surface area contributed by atoms with Gasteiger partial charge in [0.15, 0.2) is 0 Å². The van der Waals surface area contributed by atoms with Gasteiger partial charge < -0.3 is 10.6 Å². The number of carbonyl (C=O) groups is 1. The Hall–Kier alpha value is -2.99. The second-order valence-corrected chi connectivity index (χ2v) is 8.28. The second kappa shape index (κ2) is 9.43. The molecule has 2 N–H and O–H groups in total. The van der Waals surface area contributed by atoms with Crippen LogP contribution in [0, 0.1) is 5.82 Å². The van der Waals surface area contributed by atoms with Crippen molar-refractivity contribution in [2.24, 2.45) is 0 Å². The van der Waals surface area contributed by atoms with Crippen molar-refractivity contribution in [1.29, 1.82) is 0 Å². The Labute approximate surface area is 186 Å². The van der Waals surface area contributed by atoms with Gasteiger partial charge in [-0.2, -0.15) is 0 Å². The summed E-state index contributed by atoms with van der Waals surface area (Å²) in [7, 11) is 0. The van der Waals surface area contributed by atoms with E-state index < -0.39 is 0 Å². The molecule has 31 heavy (non-hydrogen) atoms. The minimum Gasteiger partial charge on any atom is -0.368 e. The predicted octanol–water partition coefficient (Wildman–Crippen LogP) is 4.86. The number of hydrogen-bond acceptors (Lipinski definition) is 4. The number of nitrogens with zero attached hydrogens (tertiary/aromatic N) is 3. The summed E-state index contributed by atoms with van der Waals surface area (Å²) in [6.07, 6.45) is 4.57. The normalized spacial score (nSPS) is 16.3. The molecule has 2 heterocycles. The lowest BCUT2D eigenvalue weighted by Gasteiger charge is -2.33. The second-order valence-electron chi connectivity index (χ2n) is 7.84. The summed E-state index contributed by atoms with van der Waals surface area (Å²) in [5.41, 5.74) is 9.61. The van der Waals surface area contributed by atoms with Crippen LogP contribution in [0.4, 0.5) is 10.3 Å². The lowest BCUT2D eigenvalue weighted by atomic mass is 9.89. The van der Waals surface area contributed by atoms with Crippen molar-refractivity contribution in [2.45, 2.75) is 31.6 Å². The zero-order chi connectivity index (χ0) is 21.8. The van der Waals surface area contributed by atoms with Gasteiger partial charge in [-0.1, -0.05) is 35.9 Å². The molecule has 0 saturated carbocycles. The van der Waals surface area contributed by atoms with Gasteiger partial charge in [0, 0.05) is 42.2 Å². The van der Waals surface area contributed by atoms with Crippen molar-refractivity contribution in [2.75, 3.05) is 18.8 Å². The number of nitrogen functional groups attached to an aromatic ring is 1. The highest BCUT2D eigenvalue weighted by Crippen LogP contribution is 2.34. The lowest BCUT2D eigenvalue weighted by molar-refractivity contribution is -0.132. The standard InChI is InChI=1S/C24H24ClFN4O/c25-19-8-6-17(7-9-19)21-14-28-24(27)29-23(21)18-2-1-13-30(15-18)22(31)12-5-16-3-10-20(26)11-4-16/h3-4,6-11,14,18H,1-2,5,12-13,15H2,(H2,27,28,29)/t18-/m1/s1. The number of hydrogen-bond donors (Lipinski definition) is 1. The Morgan fingerprint density at radius 3 is 2.65 bits per heavy atom. The first kappa shape index (κ1) is 21.2. The number of benzene rings is 2. The Morgan fingerprint density at radius 2 is 1.90 bits per heavy atom. The summed E-state index contributed by atoms with van der Waals surface area (Å²) in [6, 6.07) is 13.9. The van der Waals surface area contributed by atoms with Gasteiger partial charge in [-0.15, -0.1) is 0 Å². The Bertz CT molecular complexity index is 1060. The van der Waals surface area contributed by atoms with Gasteiger partial charge in [0.05, 0.1) is 5.69 Å². The number of aromatic nitrogens is 2. The molecule has 1 amide bonds. The fraction of sp³-hybridized carbons (Fsp3) is 0.292. The number of nitrogens with two attached hydrogens (primary N) is 1. The lowest BCUT2D eigenvalue weighted by Crippen LogP contribution is -2.39. The number of anilines is 1. The Balaban J connectivity index is 1.49. The van der Waals surface area contributed by atoms with Gasteiger partial charge >= 0.3 is 0 Å². The highest BCUT2D eigenvalue weighted by Gasteiger charge is 2.28. The molecule has 3 aromatic rings. The molecule has 1 saturated heterocycles. The molecule has 0 unspecified atom stereocenters. The number of likely N-dealkylation sites (tertiary alicyclic amines) is 1. The highest BCUT2D eigenvalue weighted by atomic mass is 35.5. The van der Waals surface area contributed by atoms with E-state index in [-0.39, 0.29) is 23.6 Å². The summed E-state index contributed by atoms with van der Waals surface area (Å²) in [6.45, 7) is 1.33. The van der Waals surface area contributed by atoms with Crippen LogP contribution < -0.4 is 5.73 Å². The van der Waals surface area contributed by atoms with E-state index >= 15 is 0 Å². The van der Waals surface area contributed by atoms with Crippen LogP contribution in [0.2, 0.25) is 5.02 Å². The molecule has 7 heteroatoms. The van der Waals surface area contributed by atoms with Gasteiger partial charge in [0.2, 0.25) is 11.9 Å². The Kier molecular flexibility index (Phi) is 6.47. The van der Waals surface area contributed by atoms with Gasteiger partial charge in [0.25, 0.3) is 0 Å². The fourth-order valence-corrected chi connectivity index (χ4v) is 4.19. The molecule has 0 radical (unpaired) electrons. The van der Waals surface area contributed by atoms with Crippen molar-refractivity contribution in [3.8, 4) is 11.1 Å². The molecule has 0 bridgehead atoms. The van der Waals surface area contributed by atoms with E-state index in [0.717, 1.165) is 41.8 Å². The van der Waals surface area contributed by atoms with Crippen molar-refractivity contribution in [3.63, 3.8) is 0 Å². The van der Waals surface area contributed by atoms with E-state index in [1.807, 2.05) is 29.2 Å². The number of rotatable bonds is 5. The average Bonchev–Trinajstić information content (AvgIpc) is 2.79. The molecule has 1 fully saturated rings. The molecular formula is C24H24ClFN4O. The first-order valence-electron chi connectivity index (χ1n) is 10.4. The third-order valence-corrected chi connectivity index (χ3v) is 5.95. The van der Waals surface area contributed by atoms with E-state index in [9.17, 15) is 9.18 Å². The van der Waals surface area contributed by atoms with Gasteiger partial charge in [-0.25, -0.2) is 14.4 Å². The first-order chi connectivity index (χ1) is 15.0. The molecule has 1 aliphatic rings. The summed E-state index contributed by atoms with van der Waals surface area (Å²) >= 11 is 6.03. The molecule has 1 atom stereocenters. The van der Waals surface area contributed by atoms with Crippen LogP contribution in [0.1, 0.15) is 36.4 Å². The van der Waals surface area contributed by atoms with Crippen LogP contribution >= 0.6 is 11.6 Å². The van der Waals surface area contributed by atoms with Gasteiger partial charge in [-0.3, -0.25) is 4.79 Å².